The second-order valence-corrected chi connectivity index (χ2v) is 7.72. The van der Waals surface area contributed by atoms with Crippen LogP contribution in [0.4, 0.5) is 17.5 Å². The molecule has 0 atom stereocenters. The Balaban J connectivity index is 1.60. The largest absolute Gasteiger partial charge is 0.351 e. The highest BCUT2D eigenvalue weighted by Crippen LogP contribution is 2.40. The summed E-state index contributed by atoms with van der Waals surface area (Å²) in [4.78, 5) is 9.50. The van der Waals surface area contributed by atoms with Crippen molar-refractivity contribution in [3.8, 4) is 0 Å². The van der Waals surface area contributed by atoms with Gasteiger partial charge in [-0.3, -0.25) is 0 Å². The van der Waals surface area contributed by atoms with Gasteiger partial charge in [0, 0.05) is 18.0 Å². The molecule has 4 nitrogen and oxygen atoms in total. The third kappa shape index (κ3) is 4.06. The molecule has 0 aliphatic heterocycles. The number of benzene rings is 1. The Hall–Kier alpha value is -1.81. The van der Waals surface area contributed by atoms with E-state index in [4.69, 9.17) is 21.6 Å². The molecule has 25 heavy (non-hydrogen) atoms. The van der Waals surface area contributed by atoms with Crippen LogP contribution in [0.5, 0.6) is 0 Å². The van der Waals surface area contributed by atoms with Crippen molar-refractivity contribution in [2.75, 3.05) is 10.6 Å². The SMILES string of the molecule is Cc1cccc(Cl)c1Nc1cc(C2CC2)nc(NC2CCCCC2)n1. The van der Waals surface area contributed by atoms with E-state index in [-0.39, 0.29) is 0 Å². The molecule has 1 aromatic heterocycles. The number of rotatable bonds is 5. The van der Waals surface area contributed by atoms with Crippen molar-refractivity contribution in [2.45, 2.75) is 63.8 Å². The zero-order valence-electron chi connectivity index (χ0n) is 14.7. The van der Waals surface area contributed by atoms with Crippen molar-refractivity contribution in [3.05, 3.63) is 40.5 Å². The van der Waals surface area contributed by atoms with Crippen molar-refractivity contribution in [2.24, 2.45) is 0 Å². The van der Waals surface area contributed by atoms with E-state index in [0.717, 1.165) is 28.7 Å². The van der Waals surface area contributed by atoms with Crippen molar-refractivity contribution in [1.29, 1.82) is 0 Å². The second-order valence-electron chi connectivity index (χ2n) is 7.31. The number of hydrogen-bond donors (Lipinski definition) is 2. The average molecular weight is 357 g/mol. The normalized spacial score (nSPS) is 18.2. The second kappa shape index (κ2) is 7.20. The molecule has 0 amide bonds. The standard InChI is InChI=1S/C20H25ClN4/c1-13-6-5-9-16(21)19(13)24-18-12-17(14-10-11-14)23-20(25-18)22-15-7-3-2-4-8-15/h5-6,9,12,14-15H,2-4,7-8,10-11H2,1H3,(H2,22,23,24,25). The third-order valence-electron chi connectivity index (χ3n) is 5.15. The Morgan fingerprint density at radius 2 is 1.84 bits per heavy atom. The van der Waals surface area contributed by atoms with Gasteiger partial charge in [0.2, 0.25) is 5.95 Å². The summed E-state index contributed by atoms with van der Waals surface area (Å²) in [5.41, 5.74) is 3.18. The van der Waals surface area contributed by atoms with Gasteiger partial charge in [-0.25, -0.2) is 4.98 Å². The Morgan fingerprint density at radius 3 is 2.56 bits per heavy atom. The first-order valence-electron chi connectivity index (χ1n) is 9.37. The van der Waals surface area contributed by atoms with E-state index in [1.54, 1.807) is 0 Å². The van der Waals surface area contributed by atoms with Crippen molar-refractivity contribution >= 4 is 29.1 Å². The van der Waals surface area contributed by atoms with Crippen molar-refractivity contribution in [3.63, 3.8) is 0 Å². The summed E-state index contributed by atoms with van der Waals surface area (Å²) < 4.78 is 0. The van der Waals surface area contributed by atoms with Crippen LogP contribution < -0.4 is 10.6 Å². The summed E-state index contributed by atoms with van der Waals surface area (Å²) in [6, 6.07) is 8.50. The van der Waals surface area contributed by atoms with Gasteiger partial charge in [0.05, 0.1) is 16.4 Å². The van der Waals surface area contributed by atoms with Crippen LogP contribution >= 0.6 is 11.6 Å². The van der Waals surface area contributed by atoms with Crippen LogP contribution in [0.2, 0.25) is 5.02 Å². The third-order valence-corrected chi connectivity index (χ3v) is 5.47. The quantitative estimate of drug-likeness (QED) is 0.710. The number of hydrogen-bond acceptors (Lipinski definition) is 4. The maximum absolute atomic E-state index is 6.37. The van der Waals surface area contributed by atoms with Crippen LogP contribution in [-0.4, -0.2) is 16.0 Å². The number of para-hydroxylation sites is 1. The molecule has 2 fully saturated rings. The molecule has 0 bridgehead atoms. The Bertz CT molecular complexity index is 731. The zero-order valence-corrected chi connectivity index (χ0v) is 15.4. The maximum atomic E-state index is 6.37. The lowest BCUT2D eigenvalue weighted by Gasteiger charge is -2.23. The molecule has 1 heterocycles. The van der Waals surface area contributed by atoms with E-state index >= 15 is 0 Å². The monoisotopic (exact) mass is 356 g/mol. The molecule has 0 saturated heterocycles. The lowest BCUT2D eigenvalue weighted by Crippen LogP contribution is -2.23. The Kier molecular flexibility index (Phi) is 4.80. The van der Waals surface area contributed by atoms with E-state index < -0.39 is 0 Å². The molecule has 2 aliphatic carbocycles. The van der Waals surface area contributed by atoms with Gasteiger partial charge < -0.3 is 10.6 Å². The molecular weight excluding hydrogens is 332 g/mol. The van der Waals surface area contributed by atoms with E-state index in [0.29, 0.717) is 17.0 Å². The lowest BCUT2D eigenvalue weighted by atomic mass is 9.96. The average Bonchev–Trinajstić information content (AvgIpc) is 3.44. The fraction of sp³-hybridized carbons (Fsp3) is 0.500. The van der Waals surface area contributed by atoms with Crippen LogP contribution in [0, 0.1) is 6.92 Å². The molecule has 4 rings (SSSR count). The van der Waals surface area contributed by atoms with Gasteiger partial charge in [0.25, 0.3) is 0 Å². The van der Waals surface area contributed by atoms with Crippen LogP contribution in [-0.2, 0) is 0 Å². The predicted molar refractivity (Wildman–Crippen MR) is 104 cm³/mol. The summed E-state index contributed by atoms with van der Waals surface area (Å²) in [5.74, 6) is 2.16. The van der Waals surface area contributed by atoms with Crippen LogP contribution in [0.1, 0.15) is 62.1 Å². The maximum Gasteiger partial charge on any atom is 0.225 e. The molecule has 2 aliphatic rings. The molecule has 0 radical (unpaired) electrons. The topological polar surface area (TPSA) is 49.8 Å². The van der Waals surface area contributed by atoms with Crippen LogP contribution in [0.3, 0.4) is 0 Å². The van der Waals surface area contributed by atoms with Gasteiger partial charge in [0.1, 0.15) is 5.82 Å². The fourth-order valence-corrected chi connectivity index (χ4v) is 3.80. The van der Waals surface area contributed by atoms with Gasteiger partial charge in [-0.1, -0.05) is 43.0 Å². The molecule has 0 spiro atoms. The van der Waals surface area contributed by atoms with Crippen molar-refractivity contribution < 1.29 is 0 Å². The molecule has 132 valence electrons. The molecule has 2 aromatic rings. The van der Waals surface area contributed by atoms with Gasteiger partial charge in [-0.05, 0) is 44.2 Å². The van der Waals surface area contributed by atoms with Crippen LogP contribution in [0.15, 0.2) is 24.3 Å². The Morgan fingerprint density at radius 1 is 1.04 bits per heavy atom. The summed E-state index contributed by atoms with van der Waals surface area (Å²) >= 11 is 6.37. The summed E-state index contributed by atoms with van der Waals surface area (Å²) in [6.45, 7) is 2.05. The van der Waals surface area contributed by atoms with Gasteiger partial charge in [-0.2, -0.15) is 4.98 Å². The van der Waals surface area contributed by atoms with E-state index in [9.17, 15) is 0 Å². The highest BCUT2D eigenvalue weighted by molar-refractivity contribution is 6.33. The van der Waals surface area contributed by atoms with Gasteiger partial charge in [0.15, 0.2) is 0 Å². The number of nitrogens with zero attached hydrogens (tertiary/aromatic N) is 2. The minimum absolute atomic E-state index is 0.498. The first kappa shape index (κ1) is 16.6. The first-order chi connectivity index (χ1) is 12.2. The number of aromatic nitrogens is 2. The van der Waals surface area contributed by atoms with E-state index in [2.05, 4.69) is 29.7 Å². The number of nitrogens with one attached hydrogen (secondary N) is 2. The summed E-state index contributed by atoms with van der Waals surface area (Å²) in [7, 11) is 0. The van der Waals surface area contributed by atoms with Gasteiger partial charge in [-0.15, -0.1) is 0 Å². The highest BCUT2D eigenvalue weighted by Gasteiger charge is 2.27. The van der Waals surface area contributed by atoms with Crippen molar-refractivity contribution in [1.82, 2.24) is 9.97 Å². The molecule has 2 saturated carbocycles. The molecular formula is C20H25ClN4. The Labute approximate surface area is 154 Å². The minimum Gasteiger partial charge on any atom is -0.351 e. The lowest BCUT2D eigenvalue weighted by molar-refractivity contribution is 0.460. The molecule has 0 unspecified atom stereocenters. The van der Waals surface area contributed by atoms with Gasteiger partial charge >= 0.3 is 0 Å². The first-order valence-corrected chi connectivity index (χ1v) is 9.74. The van der Waals surface area contributed by atoms with E-state index in [1.165, 1.54) is 44.9 Å². The predicted octanol–water partition coefficient (Wildman–Crippen LogP) is 5.80. The zero-order chi connectivity index (χ0) is 17.2. The van der Waals surface area contributed by atoms with Crippen LogP contribution in [0.25, 0.3) is 0 Å². The molecule has 5 heteroatoms. The number of halogens is 1. The highest BCUT2D eigenvalue weighted by atomic mass is 35.5. The molecule has 2 N–H and O–H groups in total. The number of anilines is 3. The summed E-state index contributed by atoms with van der Waals surface area (Å²) in [5, 5.41) is 7.70. The fourth-order valence-electron chi connectivity index (χ4n) is 3.53. The summed E-state index contributed by atoms with van der Waals surface area (Å²) in [6.07, 6.45) is 8.81. The number of aryl methyl sites for hydroxylation is 1. The smallest absolute Gasteiger partial charge is 0.225 e. The van der Waals surface area contributed by atoms with E-state index in [1.807, 2.05) is 12.1 Å². The molecule has 1 aromatic carbocycles. The minimum atomic E-state index is 0.498.